The summed E-state index contributed by atoms with van der Waals surface area (Å²) in [5.41, 5.74) is 5.67. The van der Waals surface area contributed by atoms with Crippen LogP contribution in [0, 0.1) is 0 Å². The highest BCUT2D eigenvalue weighted by Gasteiger charge is 2.36. The van der Waals surface area contributed by atoms with E-state index in [0.29, 0.717) is 5.89 Å². The van der Waals surface area contributed by atoms with Gasteiger partial charge in [0, 0.05) is 6.26 Å². The smallest absolute Gasteiger partial charge is 0.246 e. The molecule has 0 bridgehead atoms. The third kappa shape index (κ3) is 2.56. The normalized spacial score (nSPS) is 21.7. The molecule has 2 rings (SSSR count). The quantitative estimate of drug-likeness (QED) is 0.891. The lowest BCUT2D eigenvalue weighted by Crippen LogP contribution is -2.39. The molecule has 1 atom stereocenters. The first-order chi connectivity index (χ1) is 8.33. The molecule has 1 aliphatic carbocycles. The summed E-state index contributed by atoms with van der Waals surface area (Å²) < 4.78 is 28.1. The highest BCUT2D eigenvalue weighted by molar-refractivity contribution is 7.90. The number of aromatic nitrogens is 2. The van der Waals surface area contributed by atoms with E-state index in [1.54, 1.807) is 6.92 Å². The zero-order valence-corrected chi connectivity index (χ0v) is 11.5. The van der Waals surface area contributed by atoms with Crippen molar-refractivity contribution in [1.29, 1.82) is 0 Å². The Kier molecular flexibility index (Phi) is 3.46. The van der Waals surface area contributed by atoms with Crippen molar-refractivity contribution in [3.63, 3.8) is 0 Å². The Balaban J connectivity index is 2.25. The molecule has 0 amide bonds. The highest BCUT2D eigenvalue weighted by atomic mass is 32.2. The summed E-state index contributed by atoms with van der Waals surface area (Å²) in [6.45, 7) is 1.55. The maximum absolute atomic E-state index is 11.4. The molecule has 2 N–H and O–H groups in total. The topological polar surface area (TPSA) is 99.1 Å². The van der Waals surface area contributed by atoms with Gasteiger partial charge in [0.15, 0.2) is 15.7 Å². The Morgan fingerprint density at radius 1 is 1.33 bits per heavy atom. The van der Waals surface area contributed by atoms with Crippen LogP contribution in [0.2, 0.25) is 0 Å². The molecule has 0 spiro atoms. The van der Waals surface area contributed by atoms with E-state index < -0.39 is 20.6 Å². The molecule has 0 radical (unpaired) electrons. The molecular weight excluding hydrogens is 254 g/mol. The molecular formula is C11H19N3O3S. The fourth-order valence-electron chi connectivity index (χ4n) is 2.19. The number of hydrogen-bond donors (Lipinski definition) is 1. The second-order valence-electron chi connectivity index (χ2n) is 5.15. The van der Waals surface area contributed by atoms with Crippen molar-refractivity contribution >= 4 is 9.84 Å². The molecule has 6 nitrogen and oxygen atoms in total. The van der Waals surface area contributed by atoms with Crippen molar-refractivity contribution in [2.24, 2.45) is 5.73 Å². The molecule has 7 heteroatoms. The molecule has 1 aliphatic rings. The summed E-state index contributed by atoms with van der Waals surface area (Å²) in [6.07, 6.45) is 6.02. The molecule has 0 aromatic carbocycles. The third-order valence-corrected chi connectivity index (χ3v) is 5.11. The van der Waals surface area contributed by atoms with Crippen molar-refractivity contribution in [1.82, 2.24) is 10.1 Å². The first kappa shape index (κ1) is 13.5. The zero-order valence-electron chi connectivity index (χ0n) is 10.7. The van der Waals surface area contributed by atoms with Crippen LogP contribution in [-0.4, -0.2) is 24.8 Å². The van der Waals surface area contributed by atoms with Gasteiger partial charge in [-0.15, -0.1) is 0 Å². The summed E-state index contributed by atoms with van der Waals surface area (Å²) in [7, 11) is -3.22. The van der Waals surface area contributed by atoms with Gasteiger partial charge in [0.2, 0.25) is 5.89 Å². The van der Waals surface area contributed by atoms with Gasteiger partial charge in [-0.1, -0.05) is 24.4 Å². The lowest BCUT2D eigenvalue weighted by molar-refractivity contribution is 0.219. The van der Waals surface area contributed by atoms with Crippen LogP contribution in [0.15, 0.2) is 4.52 Å². The fourth-order valence-corrected chi connectivity index (χ4v) is 2.67. The van der Waals surface area contributed by atoms with Crippen molar-refractivity contribution in [2.45, 2.75) is 49.8 Å². The predicted octanol–water partition coefficient (Wildman–Crippen LogP) is 1.29. The van der Waals surface area contributed by atoms with E-state index in [4.69, 9.17) is 10.3 Å². The van der Waals surface area contributed by atoms with Gasteiger partial charge in [-0.3, -0.25) is 0 Å². The van der Waals surface area contributed by atoms with Gasteiger partial charge >= 0.3 is 0 Å². The van der Waals surface area contributed by atoms with Crippen LogP contribution in [0.3, 0.4) is 0 Å². The van der Waals surface area contributed by atoms with Gasteiger partial charge in [0.05, 0.1) is 5.54 Å². The summed E-state index contributed by atoms with van der Waals surface area (Å²) in [6, 6.07) is 0. The molecule has 1 aromatic heterocycles. The number of nitrogens with two attached hydrogens (primary N) is 1. The van der Waals surface area contributed by atoms with E-state index in [2.05, 4.69) is 10.1 Å². The molecule has 102 valence electrons. The first-order valence-electron chi connectivity index (χ1n) is 6.15. The summed E-state index contributed by atoms with van der Waals surface area (Å²) in [5.74, 6) is 0.565. The van der Waals surface area contributed by atoms with E-state index in [-0.39, 0.29) is 5.82 Å². The minimum absolute atomic E-state index is 0.197. The second kappa shape index (κ2) is 4.62. The third-order valence-electron chi connectivity index (χ3n) is 3.62. The van der Waals surface area contributed by atoms with Crippen molar-refractivity contribution in [3.8, 4) is 0 Å². The van der Waals surface area contributed by atoms with E-state index in [1.165, 1.54) is 6.42 Å². The van der Waals surface area contributed by atoms with E-state index in [1.807, 2.05) is 0 Å². The number of sulfone groups is 1. The van der Waals surface area contributed by atoms with Crippen LogP contribution in [-0.2, 0) is 15.4 Å². The number of hydrogen-bond acceptors (Lipinski definition) is 6. The van der Waals surface area contributed by atoms with Gasteiger partial charge in [0.1, 0.15) is 5.25 Å². The number of nitrogens with zero attached hydrogens (tertiary/aromatic N) is 2. The van der Waals surface area contributed by atoms with Crippen LogP contribution in [0.5, 0.6) is 0 Å². The van der Waals surface area contributed by atoms with Crippen LogP contribution in [0.4, 0.5) is 0 Å². The van der Waals surface area contributed by atoms with Crippen molar-refractivity contribution < 1.29 is 12.9 Å². The minimum atomic E-state index is -3.22. The molecule has 18 heavy (non-hydrogen) atoms. The van der Waals surface area contributed by atoms with Crippen LogP contribution in [0.25, 0.3) is 0 Å². The van der Waals surface area contributed by atoms with Crippen LogP contribution >= 0.6 is 0 Å². The van der Waals surface area contributed by atoms with Gasteiger partial charge < -0.3 is 10.3 Å². The first-order valence-corrected chi connectivity index (χ1v) is 8.10. The lowest BCUT2D eigenvalue weighted by Gasteiger charge is -2.29. The van der Waals surface area contributed by atoms with Crippen molar-refractivity contribution in [3.05, 3.63) is 11.7 Å². The standard InChI is InChI=1S/C11H19N3O3S/c1-8(18(2,15)16)9-13-10(17-14-9)11(12)6-4-3-5-7-11/h8H,3-7,12H2,1-2H3. The summed E-state index contributed by atoms with van der Waals surface area (Å²) >= 11 is 0. The Hall–Kier alpha value is -0.950. The van der Waals surface area contributed by atoms with Crippen molar-refractivity contribution in [2.75, 3.05) is 6.26 Å². The van der Waals surface area contributed by atoms with E-state index in [9.17, 15) is 8.42 Å². The maximum Gasteiger partial charge on any atom is 0.246 e. The average Bonchev–Trinajstić information content (AvgIpc) is 2.77. The van der Waals surface area contributed by atoms with Gasteiger partial charge in [-0.2, -0.15) is 4.98 Å². The Morgan fingerprint density at radius 3 is 2.50 bits per heavy atom. The number of rotatable bonds is 3. The highest BCUT2D eigenvalue weighted by Crippen LogP contribution is 2.34. The second-order valence-corrected chi connectivity index (χ2v) is 7.51. The molecule has 1 fully saturated rings. The summed E-state index contributed by atoms with van der Waals surface area (Å²) in [5, 5.41) is 3.00. The summed E-state index contributed by atoms with van der Waals surface area (Å²) in [4.78, 5) is 4.19. The SMILES string of the molecule is CC(c1noc(C2(N)CCCCC2)n1)S(C)(=O)=O. The van der Waals surface area contributed by atoms with Gasteiger partial charge in [-0.05, 0) is 19.8 Å². The Morgan fingerprint density at radius 2 is 1.94 bits per heavy atom. The molecule has 1 aromatic rings. The Labute approximate surface area is 107 Å². The minimum Gasteiger partial charge on any atom is -0.337 e. The molecule has 0 saturated heterocycles. The van der Waals surface area contributed by atoms with Crippen LogP contribution < -0.4 is 5.73 Å². The molecule has 0 aliphatic heterocycles. The maximum atomic E-state index is 11.4. The van der Waals surface area contributed by atoms with E-state index >= 15 is 0 Å². The molecule has 1 saturated carbocycles. The van der Waals surface area contributed by atoms with E-state index in [0.717, 1.165) is 31.9 Å². The zero-order chi connectivity index (χ0) is 13.4. The predicted molar refractivity (Wildman–Crippen MR) is 66.5 cm³/mol. The largest absolute Gasteiger partial charge is 0.337 e. The average molecular weight is 273 g/mol. The van der Waals surface area contributed by atoms with Gasteiger partial charge in [-0.25, -0.2) is 8.42 Å². The van der Waals surface area contributed by atoms with Crippen LogP contribution in [0.1, 0.15) is 56.0 Å². The molecule has 1 unspecified atom stereocenters. The van der Waals surface area contributed by atoms with Gasteiger partial charge in [0.25, 0.3) is 0 Å². The molecule has 1 heterocycles. The Bertz CT molecular complexity index is 517. The lowest BCUT2D eigenvalue weighted by atomic mass is 9.82. The fraction of sp³-hybridized carbons (Fsp3) is 0.818. The monoisotopic (exact) mass is 273 g/mol.